The fourth-order valence-corrected chi connectivity index (χ4v) is 2.62. The van der Waals surface area contributed by atoms with E-state index in [2.05, 4.69) is 20.3 Å². The maximum absolute atomic E-state index is 12.8. The van der Waals surface area contributed by atoms with Crippen LogP contribution in [0.3, 0.4) is 0 Å². The minimum atomic E-state index is -0.272. The van der Waals surface area contributed by atoms with Crippen molar-refractivity contribution in [3.63, 3.8) is 0 Å². The summed E-state index contributed by atoms with van der Waals surface area (Å²) in [5, 5.41) is 12.5. The lowest BCUT2D eigenvalue weighted by Gasteiger charge is -2.15. The van der Waals surface area contributed by atoms with Gasteiger partial charge in [-0.25, -0.2) is 9.67 Å². The van der Waals surface area contributed by atoms with Crippen LogP contribution in [0.15, 0.2) is 79.1 Å². The monoisotopic (exact) mass is 356 g/mol. The van der Waals surface area contributed by atoms with Gasteiger partial charge in [0.05, 0.1) is 5.69 Å². The molecule has 4 rings (SSSR count). The summed E-state index contributed by atoms with van der Waals surface area (Å²) in [5.41, 5.74) is 2.03. The smallest absolute Gasteiger partial charge is 0.277 e. The van der Waals surface area contributed by atoms with Crippen LogP contribution in [0.2, 0.25) is 0 Å². The van der Waals surface area contributed by atoms with Crippen LogP contribution in [0.4, 0.5) is 5.82 Å². The largest absolute Gasteiger partial charge is 0.293 e. The van der Waals surface area contributed by atoms with Gasteiger partial charge in [-0.2, -0.15) is 5.10 Å². The van der Waals surface area contributed by atoms with E-state index in [0.717, 1.165) is 11.3 Å². The van der Waals surface area contributed by atoms with Gasteiger partial charge < -0.3 is 0 Å². The van der Waals surface area contributed by atoms with E-state index >= 15 is 0 Å². The number of nitrogens with zero attached hydrogens (tertiary/aromatic N) is 6. The first-order chi connectivity index (χ1) is 13.2. The highest BCUT2D eigenvalue weighted by molar-refractivity contribution is 6.03. The quantitative estimate of drug-likeness (QED) is 0.562. The molecule has 0 aliphatic heterocycles. The van der Waals surface area contributed by atoms with Crippen LogP contribution in [0, 0.1) is 0 Å². The Morgan fingerprint density at radius 1 is 0.926 bits per heavy atom. The van der Waals surface area contributed by atoms with Crippen LogP contribution in [0.5, 0.6) is 0 Å². The van der Waals surface area contributed by atoms with Crippen LogP contribution < -0.4 is 4.90 Å². The van der Waals surface area contributed by atoms with E-state index in [4.69, 9.17) is 0 Å². The fraction of sp³-hybridized carbons (Fsp3) is 0.0500. The van der Waals surface area contributed by atoms with E-state index in [1.165, 1.54) is 4.90 Å². The highest BCUT2D eigenvalue weighted by atomic mass is 16.2. The lowest BCUT2D eigenvalue weighted by molar-refractivity contribution is 0.0987. The number of aromatic nitrogens is 5. The van der Waals surface area contributed by atoms with E-state index in [9.17, 15) is 4.79 Å². The third-order valence-corrected chi connectivity index (χ3v) is 4.06. The van der Waals surface area contributed by atoms with Gasteiger partial charge in [-0.15, -0.1) is 10.2 Å². The fourth-order valence-electron chi connectivity index (χ4n) is 2.62. The Morgan fingerprint density at radius 3 is 2.48 bits per heavy atom. The molecule has 1 amide bonds. The number of benzene rings is 1. The van der Waals surface area contributed by atoms with Crippen molar-refractivity contribution in [3.8, 4) is 17.1 Å². The number of anilines is 1. The number of rotatable bonds is 4. The second kappa shape index (κ2) is 7.17. The zero-order chi connectivity index (χ0) is 18.6. The zero-order valence-corrected chi connectivity index (χ0v) is 14.6. The van der Waals surface area contributed by atoms with Gasteiger partial charge in [0, 0.05) is 25.0 Å². The summed E-state index contributed by atoms with van der Waals surface area (Å²) in [6, 6.07) is 20.4. The van der Waals surface area contributed by atoms with Gasteiger partial charge in [0.15, 0.2) is 11.6 Å². The maximum Gasteiger partial charge on any atom is 0.277 e. The number of hydrogen-bond donors (Lipinski definition) is 0. The Morgan fingerprint density at radius 2 is 1.78 bits per heavy atom. The molecule has 1 aromatic carbocycles. The lowest BCUT2D eigenvalue weighted by atomic mass is 10.1. The number of carbonyl (C=O) groups is 1. The van der Waals surface area contributed by atoms with Crippen LogP contribution >= 0.6 is 0 Å². The Labute approximate surface area is 155 Å². The predicted octanol–water partition coefficient (Wildman–Crippen LogP) is 3.00. The number of hydrogen-bond acceptors (Lipinski definition) is 5. The Kier molecular flexibility index (Phi) is 4.40. The van der Waals surface area contributed by atoms with Gasteiger partial charge in [-0.05, 0) is 30.3 Å². The van der Waals surface area contributed by atoms with Gasteiger partial charge >= 0.3 is 0 Å². The van der Waals surface area contributed by atoms with E-state index < -0.39 is 0 Å². The van der Waals surface area contributed by atoms with Gasteiger partial charge in [0.2, 0.25) is 0 Å². The molecule has 0 aliphatic carbocycles. The Bertz CT molecular complexity index is 1050. The number of carbonyl (C=O) groups excluding carboxylic acids is 1. The van der Waals surface area contributed by atoms with Crippen LogP contribution in [0.1, 0.15) is 10.5 Å². The van der Waals surface area contributed by atoms with Crippen molar-refractivity contribution in [1.29, 1.82) is 0 Å². The minimum absolute atomic E-state index is 0.272. The summed E-state index contributed by atoms with van der Waals surface area (Å²) in [5.74, 6) is 0.751. The summed E-state index contributed by atoms with van der Waals surface area (Å²) >= 11 is 0. The normalized spacial score (nSPS) is 10.6. The molecule has 0 unspecified atom stereocenters. The molecule has 0 fully saturated rings. The predicted molar refractivity (Wildman–Crippen MR) is 102 cm³/mol. The van der Waals surface area contributed by atoms with Gasteiger partial charge in [-0.3, -0.25) is 9.69 Å². The summed E-state index contributed by atoms with van der Waals surface area (Å²) in [4.78, 5) is 18.6. The van der Waals surface area contributed by atoms with Crippen molar-refractivity contribution in [1.82, 2.24) is 25.0 Å². The molecule has 0 aliphatic rings. The summed E-state index contributed by atoms with van der Waals surface area (Å²) < 4.78 is 1.60. The highest BCUT2D eigenvalue weighted by Gasteiger charge is 2.17. The molecule has 0 spiro atoms. The SMILES string of the molecule is CN(C(=O)c1cccc(-n2cccn2)n1)c1ccc(-c2ccccc2)nn1. The lowest BCUT2D eigenvalue weighted by Crippen LogP contribution is -2.28. The average Bonchev–Trinajstić information content (AvgIpc) is 3.29. The molecule has 0 saturated carbocycles. The molecule has 3 aromatic heterocycles. The zero-order valence-electron chi connectivity index (χ0n) is 14.6. The molecule has 0 radical (unpaired) electrons. The summed E-state index contributed by atoms with van der Waals surface area (Å²) in [7, 11) is 1.65. The minimum Gasteiger partial charge on any atom is -0.293 e. The molecule has 0 bridgehead atoms. The summed E-state index contributed by atoms with van der Waals surface area (Å²) in [6.07, 6.45) is 3.43. The maximum atomic E-state index is 12.8. The number of pyridine rings is 1. The molecule has 27 heavy (non-hydrogen) atoms. The molecule has 7 nitrogen and oxygen atoms in total. The van der Waals surface area contributed by atoms with Gasteiger partial charge in [-0.1, -0.05) is 36.4 Å². The third-order valence-electron chi connectivity index (χ3n) is 4.06. The molecular formula is C20H16N6O. The van der Waals surface area contributed by atoms with Gasteiger partial charge in [0.1, 0.15) is 5.69 Å². The second-order valence-corrected chi connectivity index (χ2v) is 5.84. The van der Waals surface area contributed by atoms with Crippen molar-refractivity contribution in [2.45, 2.75) is 0 Å². The molecule has 3 heterocycles. The van der Waals surface area contributed by atoms with E-state index in [1.54, 1.807) is 54.5 Å². The topological polar surface area (TPSA) is 76.8 Å². The molecule has 0 saturated heterocycles. The van der Waals surface area contributed by atoms with E-state index in [0.29, 0.717) is 17.3 Å². The Balaban J connectivity index is 1.57. The second-order valence-electron chi connectivity index (χ2n) is 5.84. The third kappa shape index (κ3) is 3.43. The molecule has 132 valence electrons. The average molecular weight is 356 g/mol. The number of amides is 1. The van der Waals surface area contributed by atoms with Crippen LogP contribution in [0.25, 0.3) is 17.1 Å². The molecular weight excluding hydrogens is 340 g/mol. The van der Waals surface area contributed by atoms with Crippen molar-refractivity contribution in [2.24, 2.45) is 0 Å². The Hall–Kier alpha value is -3.87. The van der Waals surface area contributed by atoms with Crippen LogP contribution in [-0.4, -0.2) is 37.9 Å². The summed E-state index contributed by atoms with van der Waals surface area (Å²) in [6.45, 7) is 0. The van der Waals surface area contributed by atoms with Crippen molar-refractivity contribution >= 4 is 11.7 Å². The molecule has 0 N–H and O–H groups in total. The van der Waals surface area contributed by atoms with Crippen molar-refractivity contribution in [2.75, 3.05) is 11.9 Å². The first-order valence-electron chi connectivity index (χ1n) is 8.37. The molecule has 4 aromatic rings. The molecule has 7 heteroatoms. The standard InChI is InChI=1S/C20H16N6O/c1-25(19-12-11-16(23-24-19)15-7-3-2-4-8-15)20(27)17-9-5-10-18(22-17)26-14-6-13-21-26/h2-14H,1H3. The van der Waals surface area contributed by atoms with E-state index in [1.807, 2.05) is 36.4 Å². The van der Waals surface area contributed by atoms with E-state index in [-0.39, 0.29) is 5.91 Å². The first kappa shape index (κ1) is 16.6. The highest BCUT2D eigenvalue weighted by Crippen LogP contribution is 2.18. The van der Waals surface area contributed by atoms with Crippen molar-refractivity contribution < 1.29 is 4.79 Å². The van der Waals surface area contributed by atoms with Crippen molar-refractivity contribution in [3.05, 3.63) is 84.8 Å². The first-order valence-corrected chi connectivity index (χ1v) is 8.37. The molecule has 0 atom stereocenters. The van der Waals surface area contributed by atoms with Gasteiger partial charge in [0.25, 0.3) is 5.91 Å². The van der Waals surface area contributed by atoms with Crippen LogP contribution in [-0.2, 0) is 0 Å².